The highest BCUT2D eigenvalue weighted by atomic mass is 19.4. The summed E-state index contributed by atoms with van der Waals surface area (Å²) in [6.45, 7) is 3.24. The van der Waals surface area contributed by atoms with Gasteiger partial charge in [0.2, 0.25) is 0 Å². The molecule has 0 fully saturated rings. The molecule has 0 amide bonds. The monoisotopic (exact) mass is 347 g/mol. The Bertz CT molecular complexity index is 490. The number of nitrogens with zero attached hydrogens (tertiary/aromatic N) is 1. The number of hydrogen-bond donors (Lipinski definition) is 2. The first kappa shape index (κ1) is 20.1. The molecule has 0 aromatic heterocycles. The molecule has 0 aliphatic heterocycles. The Balaban J connectivity index is 2.50. The number of halogens is 3. The number of hydrogen-bond acceptors (Lipinski definition) is 3. The second-order valence-corrected chi connectivity index (χ2v) is 5.02. The molecular weight excluding hydrogens is 323 g/mol. The predicted octanol–water partition coefficient (Wildman–Crippen LogP) is 2.72. The van der Waals surface area contributed by atoms with Crippen molar-refractivity contribution in [3.8, 4) is 5.75 Å². The molecule has 5 nitrogen and oxygen atoms in total. The van der Waals surface area contributed by atoms with Crippen LogP contribution >= 0.6 is 0 Å². The molecule has 0 aliphatic rings. The number of rotatable bonds is 9. The van der Waals surface area contributed by atoms with Gasteiger partial charge in [0, 0.05) is 26.8 Å². The van der Waals surface area contributed by atoms with Crippen LogP contribution in [0.25, 0.3) is 0 Å². The maximum absolute atomic E-state index is 12.1. The van der Waals surface area contributed by atoms with E-state index in [4.69, 9.17) is 4.74 Å². The Morgan fingerprint density at radius 3 is 2.46 bits per heavy atom. The Labute approximate surface area is 140 Å². The second-order valence-electron chi connectivity index (χ2n) is 5.02. The molecule has 8 heteroatoms. The smallest absolute Gasteiger partial charge is 0.422 e. The van der Waals surface area contributed by atoms with E-state index in [1.54, 1.807) is 19.2 Å². The number of alkyl halides is 3. The summed E-state index contributed by atoms with van der Waals surface area (Å²) in [4.78, 5) is 4.43. The van der Waals surface area contributed by atoms with E-state index < -0.39 is 12.8 Å². The Hall–Kier alpha value is -1.96. The molecule has 0 aliphatic carbocycles. The first-order valence-electron chi connectivity index (χ1n) is 7.74. The summed E-state index contributed by atoms with van der Waals surface area (Å²) in [5.74, 6) is 0.871. The minimum absolute atomic E-state index is 0.185. The average molecular weight is 347 g/mol. The van der Waals surface area contributed by atoms with Crippen LogP contribution in [0.2, 0.25) is 0 Å². The van der Waals surface area contributed by atoms with Crippen LogP contribution in [-0.2, 0) is 11.3 Å². The molecule has 0 atom stereocenters. The van der Waals surface area contributed by atoms with Crippen molar-refractivity contribution in [2.75, 3.05) is 33.4 Å². The molecule has 0 heterocycles. The minimum Gasteiger partial charge on any atom is -0.484 e. The van der Waals surface area contributed by atoms with Gasteiger partial charge >= 0.3 is 6.18 Å². The molecule has 0 saturated carbocycles. The maximum atomic E-state index is 12.1. The summed E-state index contributed by atoms with van der Waals surface area (Å²) in [6.07, 6.45) is -3.47. The first-order valence-corrected chi connectivity index (χ1v) is 7.74. The van der Waals surface area contributed by atoms with Crippen LogP contribution in [0.1, 0.15) is 18.9 Å². The SMILES string of the molecule is CCNC(=NCc1ccc(OCC(F)(F)F)cc1)NCCCOC. The maximum Gasteiger partial charge on any atom is 0.422 e. The lowest BCUT2D eigenvalue weighted by Gasteiger charge is -2.11. The lowest BCUT2D eigenvalue weighted by atomic mass is 10.2. The first-order chi connectivity index (χ1) is 11.4. The molecule has 0 spiro atoms. The number of benzene rings is 1. The van der Waals surface area contributed by atoms with Crippen LogP contribution in [0.4, 0.5) is 13.2 Å². The van der Waals surface area contributed by atoms with Crippen molar-refractivity contribution >= 4 is 5.96 Å². The van der Waals surface area contributed by atoms with Gasteiger partial charge < -0.3 is 20.1 Å². The number of ether oxygens (including phenoxy) is 2. The third-order valence-electron chi connectivity index (χ3n) is 2.91. The molecule has 0 bridgehead atoms. The molecule has 136 valence electrons. The Kier molecular flexibility index (Phi) is 8.99. The molecule has 1 aromatic carbocycles. The number of guanidine groups is 1. The van der Waals surface area contributed by atoms with E-state index in [0.717, 1.165) is 25.1 Å². The summed E-state index contributed by atoms with van der Waals surface area (Å²) in [7, 11) is 1.65. The Morgan fingerprint density at radius 2 is 1.88 bits per heavy atom. The third-order valence-corrected chi connectivity index (χ3v) is 2.91. The third kappa shape index (κ3) is 9.24. The van der Waals surface area contributed by atoms with E-state index in [9.17, 15) is 13.2 Å². The summed E-state index contributed by atoms with van der Waals surface area (Å²) in [5, 5.41) is 6.31. The average Bonchev–Trinajstić information content (AvgIpc) is 2.55. The van der Waals surface area contributed by atoms with E-state index in [2.05, 4.69) is 20.4 Å². The summed E-state index contributed by atoms with van der Waals surface area (Å²) in [5.41, 5.74) is 0.878. The van der Waals surface area contributed by atoms with Gasteiger partial charge in [0.05, 0.1) is 6.54 Å². The van der Waals surface area contributed by atoms with Crippen molar-refractivity contribution in [3.05, 3.63) is 29.8 Å². The lowest BCUT2D eigenvalue weighted by Crippen LogP contribution is -2.38. The van der Waals surface area contributed by atoms with Crippen molar-refractivity contribution in [1.82, 2.24) is 10.6 Å². The van der Waals surface area contributed by atoms with Crippen molar-refractivity contribution in [2.45, 2.75) is 26.1 Å². The summed E-state index contributed by atoms with van der Waals surface area (Å²) >= 11 is 0. The van der Waals surface area contributed by atoms with Gasteiger partial charge in [0.25, 0.3) is 0 Å². The van der Waals surface area contributed by atoms with Crippen molar-refractivity contribution in [1.29, 1.82) is 0 Å². The highest BCUT2D eigenvalue weighted by Gasteiger charge is 2.28. The van der Waals surface area contributed by atoms with Gasteiger partial charge in [-0.2, -0.15) is 13.2 Å². The molecule has 0 unspecified atom stereocenters. The summed E-state index contributed by atoms with van der Waals surface area (Å²) < 4.78 is 45.9. The quantitative estimate of drug-likeness (QED) is 0.410. The fourth-order valence-corrected chi connectivity index (χ4v) is 1.79. The highest BCUT2D eigenvalue weighted by Crippen LogP contribution is 2.19. The number of methoxy groups -OCH3 is 1. The minimum atomic E-state index is -4.34. The van der Waals surface area contributed by atoms with Crippen molar-refractivity contribution in [3.63, 3.8) is 0 Å². The van der Waals surface area contributed by atoms with Crippen LogP contribution in [0.5, 0.6) is 5.75 Å². The zero-order valence-corrected chi connectivity index (χ0v) is 13.9. The molecule has 0 radical (unpaired) electrons. The highest BCUT2D eigenvalue weighted by molar-refractivity contribution is 5.79. The van der Waals surface area contributed by atoms with Gasteiger partial charge in [-0.3, -0.25) is 0 Å². The van der Waals surface area contributed by atoms with Gasteiger partial charge in [0.1, 0.15) is 5.75 Å². The molecular formula is C16H24F3N3O2. The van der Waals surface area contributed by atoms with Gasteiger partial charge in [0.15, 0.2) is 12.6 Å². The lowest BCUT2D eigenvalue weighted by molar-refractivity contribution is -0.153. The van der Waals surface area contributed by atoms with Crippen LogP contribution in [0, 0.1) is 0 Å². The number of nitrogens with one attached hydrogen (secondary N) is 2. The van der Waals surface area contributed by atoms with E-state index in [1.165, 1.54) is 12.1 Å². The Morgan fingerprint density at radius 1 is 1.17 bits per heavy atom. The van der Waals surface area contributed by atoms with E-state index in [1.807, 2.05) is 6.92 Å². The standard InChI is InChI=1S/C16H24F3N3O2/c1-3-20-15(21-9-4-10-23-2)22-11-13-5-7-14(8-6-13)24-12-16(17,18)19/h5-8H,3-4,9-12H2,1-2H3,(H2,20,21,22). The van der Waals surface area contributed by atoms with Crippen molar-refractivity contribution < 1.29 is 22.6 Å². The van der Waals surface area contributed by atoms with Gasteiger partial charge in [-0.15, -0.1) is 0 Å². The van der Waals surface area contributed by atoms with Crippen LogP contribution < -0.4 is 15.4 Å². The fourth-order valence-electron chi connectivity index (χ4n) is 1.79. The summed E-state index contributed by atoms with van der Waals surface area (Å²) in [6, 6.07) is 6.42. The molecule has 1 aromatic rings. The largest absolute Gasteiger partial charge is 0.484 e. The topological polar surface area (TPSA) is 54.9 Å². The zero-order valence-electron chi connectivity index (χ0n) is 13.9. The normalized spacial score (nSPS) is 12.1. The van der Waals surface area contributed by atoms with E-state index >= 15 is 0 Å². The van der Waals surface area contributed by atoms with Crippen LogP contribution in [0.3, 0.4) is 0 Å². The predicted molar refractivity (Wildman–Crippen MR) is 87.3 cm³/mol. The molecule has 24 heavy (non-hydrogen) atoms. The van der Waals surface area contributed by atoms with Gasteiger partial charge in [-0.05, 0) is 31.0 Å². The van der Waals surface area contributed by atoms with Crippen molar-refractivity contribution in [2.24, 2.45) is 4.99 Å². The number of aliphatic imine (C=N–C) groups is 1. The molecule has 2 N–H and O–H groups in total. The van der Waals surface area contributed by atoms with Crippen LogP contribution in [0.15, 0.2) is 29.3 Å². The van der Waals surface area contributed by atoms with Crippen LogP contribution in [-0.4, -0.2) is 45.5 Å². The molecule has 0 saturated heterocycles. The fraction of sp³-hybridized carbons (Fsp3) is 0.562. The van der Waals surface area contributed by atoms with E-state index in [-0.39, 0.29) is 5.75 Å². The van der Waals surface area contributed by atoms with E-state index in [0.29, 0.717) is 19.1 Å². The van der Waals surface area contributed by atoms with Gasteiger partial charge in [-0.1, -0.05) is 12.1 Å². The zero-order chi connectivity index (χ0) is 17.8. The molecule has 1 rings (SSSR count). The second kappa shape index (κ2) is 10.7. The van der Waals surface area contributed by atoms with Gasteiger partial charge in [-0.25, -0.2) is 4.99 Å².